The molecule has 1 aromatic rings. The van der Waals surface area contributed by atoms with Crippen molar-refractivity contribution >= 4 is 23.7 Å². The lowest BCUT2D eigenvalue weighted by molar-refractivity contribution is -0.145. The molecule has 1 aliphatic rings. The first-order chi connectivity index (χ1) is 11.2. The molecule has 0 unspecified atom stereocenters. The van der Waals surface area contributed by atoms with Gasteiger partial charge in [0.2, 0.25) is 0 Å². The van der Waals surface area contributed by atoms with E-state index in [1.807, 2.05) is 24.3 Å². The average Bonchev–Trinajstić information content (AvgIpc) is 2.48. The third-order valence-corrected chi connectivity index (χ3v) is 4.39. The van der Waals surface area contributed by atoms with Gasteiger partial charge in [0.1, 0.15) is 5.60 Å². The number of aliphatic carboxylic acids is 1. The van der Waals surface area contributed by atoms with E-state index in [0.29, 0.717) is 24.4 Å². The van der Waals surface area contributed by atoms with Gasteiger partial charge in [0.15, 0.2) is 0 Å². The van der Waals surface area contributed by atoms with Gasteiger partial charge < -0.3 is 14.7 Å². The molecule has 0 radical (unpaired) electrons. The molecular formula is C18H24ClNO4. The van der Waals surface area contributed by atoms with Crippen LogP contribution in [0.4, 0.5) is 4.79 Å². The molecule has 5 nitrogen and oxygen atoms in total. The first-order valence-corrected chi connectivity index (χ1v) is 8.48. The van der Waals surface area contributed by atoms with Gasteiger partial charge in [-0.2, -0.15) is 0 Å². The molecule has 1 aromatic carbocycles. The SMILES string of the molecule is CC(C)(C)OC(=O)N1CC[C@H](Cc2ccc(Cl)cc2)[C@H](C(=O)O)C1. The van der Waals surface area contributed by atoms with E-state index in [2.05, 4.69) is 0 Å². The number of carboxylic acids is 1. The van der Waals surface area contributed by atoms with Gasteiger partial charge in [0.05, 0.1) is 5.92 Å². The zero-order valence-electron chi connectivity index (χ0n) is 14.3. The predicted octanol–water partition coefficient (Wildman–Crippen LogP) is 3.84. The third-order valence-electron chi connectivity index (χ3n) is 4.14. The summed E-state index contributed by atoms with van der Waals surface area (Å²) in [7, 11) is 0. The Morgan fingerprint density at radius 3 is 2.46 bits per heavy atom. The molecule has 1 aliphatic heterocycles. The Kier molecular flexibility index (Phi) is 5.75. The van der Waals surface area contributed by atoms with Gasteiger partial charge in [-0.1, -0.05) is 23.7 Å². The maximum Gasteiger partial charge on any atom is 0.410 e. The maximum atomic E-state index is 12.2. The lowest BCUT2D eigenvalue weighted by Crippen LogP contribution is -2.48. The number of likely N-dealkylation sites (tertiary alicyclic amines) is 1. The second kappa shape index (κ2) is 7.43. The van der Waals surface area contributed by atoms with Crippen LogP contribution in [0.2, 0.25) is 5.02 Å². The van der Waals surface area contributed by atoms with Crippen LogP contribution in [0.15, 0.2) is 24.3 Å². The fourth-order valence-electron chi connectivity index (χ4n) is 2.94. The van der Waals surface area contributed by atoms with Gasteiger partial charge in [0.25, 0.3) is 0 Å². The van der Waals surface area contributed by atoms with E-state index in [9.17, 15) is 14.7 Å². The van der Waals surface area contributed by atoms with Crippen LogP contribution in [0, 0.1) is 11.8 Å². The highest BCUT2D eigenvalue weighted by Crippen LogP contribution is 2.29. The van der Waals surface area contributed by atoms with E-state index >= 15 is 0 Å². The number of halogens is 1. The van der Waals surface area contributed by atoms with E-state index in [1.54, 1.807) is 20.8 Å². The number of carbonyl (C=O) groups excluding carboxylic acids is 1. The largest absolute Gasteiger partial charge is 0.481 e. The second-order valence-corrected chi connectivity index (χ2v) is 7.69. The zero-order valence-corrected chi connectivity index (χ0v) is 15.0. The first kappa shape index (κ1) is 18.6. The number of hydrogen-bond acceptors (Lipinski definition) is 3. The Bertz CT molecular complexity index is 594. The number of ether oxygens (including phenoxy) is 1. The van der Waals surface area contributed by atoms with Crippen LogP contribution in [0.25, 0.3) is 0 Å². The van der Waals surface area contributed by atoms with Crippen molar-refractivity contribution in [3.8, 4) is 0 Å². The molecule has 1 saturated heterocycles. The standard InChI is InChI=1S/C18H24ClNO4/c1-18(2,3)24-17(23)20-9-8-13(15(11-20)16(21)22)10-12-4-6-14(19)7-5-12/h4-7,13,15H,8-11H2,1-3H3,(H,21,22)/t13-,15-/m1/s1. The highest BCUT2D eigenvalue weighted by molar-refractivity contribution is 6.30. The van der Waals surface area contributed by atoms with Crippen LogP contribution in [0.1, 0.15) is 32.8 Å². The number of carbonyl (C=O) groups is 2. The van der Waals surface area contributed by atoms with E-state index in [0.717, 1.165) is 5.56 Å². The summed E-state index contributed by atoms with van der Waals surface area (Å²) in [4.78, 5) is 25.3. The quantitative estimate of drug-likeness (QED) is 0.896. The molecule has 132 valence electrons. The number of nitrogens with zero attached hydrogens (tertiary/aromatic N) is 1. The Morgan fingerprint density at radius 2 is 1.92 bits per heavy atom. The van der Waals surface area contributed by atoms with Crippen LogP contribution in [-0.4, -0.2) is 40.8 Å². The van der Waals surface area contributed by atoms with Gasteiger partial charge in [-0.25, -0.2) is 4.79 Å². The molecule has 0 spiro atoms. The number of benzene rings is 1. The summed E-state index contributed by atoms with van der Waals surface area (Å²) in [6, 6.07) is 7.45. The van der Waals surface area contributed by atoms with Crippen molar-refractivity contribution in [2.45, 2.75) is 39.2 Å². The lowest BCUT2D eigenvalue weighted by atomic mass is 9.81. The fourth-order valence-corrected chi connectivity index (χ4v) is 3.07. The number of piperidine rings is 1. The van der Waals surface area contributed by atoms with Crippen molar-refractivity contribution in [2.75, 3.05) is 13.1 Å². The Morgan fingerprint density at radius 1 is 1.29 bits per heavy atom. The lowest BCUT2D eigenvalue weighted by Gasteiger charge is -2.37. The molecule has 2 rings (SSSR count). The van der Waals surface area contributed by atoms with Crippen molar-refractivity contribution in [2.24, 2.45) is 11.8 Å². The minimum absolute atomic E-state index is 0.0117. The smallest absolute Gasteiger partial charge is 0.410 e. The number of carboxylic acid groups (broad SMARTS) is 1. The monoisotopic (exact) mass is 353 g/mol. The molecule has 24 heavy (non-hydrogen) atoms. The summed E-state index contributed by atoms with van der Waals surface area (Å²) in [6.07, 6.45) is 0.855. The summed E-state index contributed by atoms with van der Waals surface area (Å²) < 4.78 is 5.35. The maximum absolute atomic E-state index is 12.2. The predicted molar refractivity (Wildman–Crippen MR) is 92.2 cm³/mol. The molecule has 1 fully saturated rings. The van der Waals surface area contributed by atoms with Gasteiger partial charge in [0, 0.05) is 18.1 Å². The summed E-state index contributed by atoms with van der Waals surface area (Å²) in [5, 5.41) is 10.2. The summed E-state index contributed by atoms with van der Waals surface area (Å²) >= 11 is 5.89. The highest BCUT2D eigenvalue weighted by atomic mass is 35.5. The van der Waals surface area contributed by atoms with Crippen LogP contribution in [0.3, 0.4) is 0 Å². The zero-order chi connectivity index (χ0) is 17.9. The topological polar surface area (TPSA) is 66.8 Å². The summed E-state index contributed by atoms with van der Waals surface area (Å²) in [5.74, 6) is -1.48. The normalized spacial score (nSPS) is 21.4. The highest BCUT2D eigenvalue weighted by Gasteiger charge is 2.37. The van der Waals surface area contributed by atoms with Crippen LogP contribution >= 0.6 is 11.6 Å². The first-order valence-electron chi connectivity index (χ1n) is 8.11. The van der Waals surface area contributed by atoms with Crippen molar-refractivity contribution < 1.29 is 19.4 Å². The van der Waals surface area contributed by atoms with Crippen LogP contribution < -0.4 is 0 Å². The molecule has 1 amide bonds. The number of hydrogen-bond donors (Lipinski definition) is 1. The van der Waals surface area contributed by atoms with Crippen LogP contribution in [-0.2, 0) is 16.0 Å². The Hall–Kier alpha value is -1.75. The number of amides is 1. The van der Waals surface area contributed by atoms with Crippen molar-refractivity contribution in [3.63, 3.8) is 0 Å². The van der Waals surface area contributed by atoms with Crippen molar-refractivity contribution in [1.29, 1.82) is 0 Å². The van der Waals surface area contributed by atoms with Gasteiger partial charge >= 0.3 is 12.1 Å². The van der Waals surface area contributed by atoms with E-state index in [4.69, 9.17) is 16.3 Å². The third kappa shape index (κ3) is 5.13. The fraction of sp³-hybridized carbons (Fsp3) is 0.556. The molecule has 0 bridgehead atoms. The minimum Gasteiger partial charge on any atom is -0.481 e. The average molecular weight is 354 g/mol. The van der Waals surface area contributed by atoms with Gasteiger partial charge in [-0.3, -0.25) is 4.79 Å². The molecule has 0 saturated carbocycles. The van der Waals surface area contributed by atoms with Gasteiger partial charge in [-0.15, -0.1) is 0 Å². The van der Waals surface area contributed by atoms with E-state index in [1.165, 1.54) is 4.90 Å². The Balaban J connectivity index is 2.04. The molecule has 2 atom stereocenters. The van der Waals surface area contributed by atoms with Crippen molar-refractivity contribution in [1.82, 2.24) is 4.90 Å². The van der Waals surface area contributed by atoms with E-state index < -0.39 is 23.6 Å². The summed E-state index contributed by atoms with van der Waals surface area (Å²) in [6.45, 7) is 6.09. The second-order valence-electron chi connectivity index (χ2n) is 7.25. The molecular weight excluding hydrogens is 330 g/mol. The van der Waals surface area contributed by atoms with Crippen molar-refractivity contribution in [3.05, 3.63) is 34.9 Å². The Labute approximate surface area is 147 Å². The minimum atomic E-state index is -0.873. The molecule has 1 heterocycles. The molecule has 6 heteroatoms. The van der Waals surface area contributed by atoms with E-state index in [-0.39, 0.29) is 12.5 Å². The van der Waals surface area contributed by atoms with Crippen LogP contribution in [0.5, 0.6) is 0 Å². The molecule has 0 aliphatic carbocycles. The molecule has 1 N–H and O–H groups in total. The summed E-state index contributed by atoms with van der Waals surface area (Å²) in [5.41, 5.74) is 0.469. The molecule has 0 aromatic heterocycles. The number of rotatable bonds is 3. The van der Waals surface area contributed by atoms with Gasteiger partial charge in [-0.05, 0) is 57.2 Å².